The van der Waals surface area contributed by atoms with E-state index in [1.165, 1.54) is 0 Å². The van der Waals surface area contributed by atoms with Gasteiger partial charge in [-0.25, -0.2) is 9.67 Å². The molecule has 0 saturated heterocycles. The minimum atomic E-state index is -0.514. The highest BCUT2D eigenvalue weighted by atomic mass is 32.2. The number of thioether (sulfide) groups is 1. The predicted octanol–water partition coefficient (Wildman–Crippen LogP) is 5.21. The van der Waals surface area contributed by atoms with E-state index in [0.29, 0.717) is 0 Å². The highest BCUT2D eigenvalue weighted by molar-refractivity contribution is 8.13. The van der Waals surface area contributed by atoms with E-state index in [-0.39, 0.29) is 0 Å². The van der Waals surface area contributed by atoms with Crippen LogP contribution < -0.4 is 0 Å². The largest absolute Gasteiger partial charge is 0.244 e. The Kier molecular flexibility index (Phi) is 5.34. The maximum atomic E-state index is 4.92. The normalized spacial score (nSPS) is 14.4. The Morgan fingerprint density at radius 2 is 1.92 bits per heavy atom. The Hall–Kier alpha value is -2.40. The maximum Gasteiger partial charge on any atom is 0.131 e. The van der Waals surface area contributed by atoms with Gasteiger partial charge in [0.15, 0.2) is 0 Å². The summed E-state index contributed by atoms with van der Waals surface area (Å²) in [5.41, 5.74) is 2.29. The standard InChI is InChI=1S/C20H22N4S/c1-4-15-20(5-2,19(25-3)21-16-11-7-6-8-12-16)24-18-14-10-9-13-17(18)22-23-24/h5-14H,2,4,15H2,1,3H3. The molecule has 0 aliphatic heterocycles. The van der Waals surface area contributed by atoms with Crippen molar-refractivity contribution in [3.05, 3.63) is 67.3 Å². The average molecular weight is 350 g/mol. The number of rotatable bonds is 6. The van der Waals surface area contributed by atoms with Gasteiger partial charge in [-0.15, -0.1) is 23.4 Å². The van der Waals surface area contributed by atoms with Gasteiger partial charge in [-0.05, 0) is 36.9 Å². The summed E-state index contributed by atoms with van der Waals surface area (Å²) in [6.07, 6.45) is 5.84. The third-order valence-electron chi connectivity index (χ3n) is 4.25. The fourth-order valence-electron chi connectivity index (χ4n) is 3.06. The summed E-state index contributed by atoms with van der Waals surface area (Å²) in [5.74, 6) is 0. The van der Waals surface area contributed by atoms with E-state index < -0.39 is 5.54 Å². The quantitative estimate of drug-likeness (QED) is 0.348. The van der Waals surface area contributed by atoms with Crippen molar-refractivity contribution in [1.29, 1.82) is 0 Å². The van der Waals surface area contributed by atoms with E-state index in [0.717, 1.165) is 34.6 Å². The van der Waals surface area contributed by atoms with Gasteiger partial charge in [-0.3, -0.25) is 0 Å². The molecular weight excluding hydrogens is 328 g/mol. The lowest BCUT2D eigenvalue weighted by molar-refractivity contribution is 0.421. The second kappa shape index (κ2) is 7.66. The minimum Gasteiger partial charge on any atom is -0.244 e. The van der Waals surface area contributed by atoms with Crippen LogP contribution in [0.15, 0.2) is 72.2 Å². The SMILES string of the molecule is C=CC(CCC)(C(=Nc1ccccc1)SC)n1nnc2ccccc21. The van der Waals surface area contributed by atoms with Gasteiger partial charge in [0.1, 0.15) is 16.1 Å². The van der Waals surface area contributed by atoms with Gasteiger partial charge in [0.25, 0.3) is 0 Å². The fraction of sp³-hybridized carbons (Fsp3) is 0.250. The maximum absolute atomic E-state index is 4.92. The summed E-state index contributed by atoms with van der Waals surface area (Å²) in [7, 11) is 0. The summed E-state index contributed by atoms with van der Waals surface area (Å²) in [5, 5.41) is 9.77. The third-order valence-corrected chi connectivity index (χ3v) is 5.08. The zero-order valence-electron chi connectivity index (χ0n) is 14.6. The number of nitrogens with zero attached hydrogens (tertiary/aromatic N) is 4. The lowest BCUT2D eigenvalue weighted by atomic mass is 9.94. The first-order valence-corrected chi connectivity index (χ1v) is 9.60. The molecule has 0 spiro atoms. The molecule has 1 atom stereocenters. The Morgan fingerprint density at radius 1 is 1.20 bits per heavy atom. The van der Waals surface area contributed by atoms with Crippen molar-refractivity contribution in [2.75, 3.05) is 6.26 Å². The molecule has 0 amide bonds. The summed E-state index contributed by atoms with van der Waals surface area (Å²) < 4.78 is 1.97. The molecule has 3 rings (SSSR count). The lowest BCUT2D eigenvalue weighted by Gasteiger charge is -2.31. The molecule has 0 aliphatic carbocycles. The molecule has 1 unspecified atom stereocenters. The molecule has 0 radical (unpaired) electrons. The van der Waals surface area contributed by atoms with Gasteiger partial charge in [0.05, 0.1) is 11.2 Å². The lowest BCUT2D eigenvalue weighted by Crippen LogP contribution is -2.39. The topological polar surface area (TPSA) is 43.1 Å². The van der Waals surface area contributed by atoms with E-state index in [1.807, 2.05) is 65.4 Å². The molecule has 0 bridgehead atoms. The van der Waals surface area contributed by atoms with Crippen LogP contribution in [0.1, 0.15) is 19.8 Å². The summed E-state index contributed by atoms with van der Waals surface area (Å²) in [6, 6.07) is 18.0. The number of hydrogen-bond donors (Lipinski definition) is 0. The third kappa shape index (κ3) is 3.24. The van der Waals surface area contributed by atoms with Crippen LogP contribution in [0, 0.1) is 0 Å². The minimum absolute atomic E-state index is 0.514. The highest BCUT2D eigenvalue weighted by Crippen LogP contribution is 2.34. The van der Waals surface area contributed by atoms with Crippen molar-refractivity contribution in [2.24, 2.45) is 4.99 Å². The summed E-state index contributed by atoms with van der Waals surface area (Å²) >= 11 is 1.63. The molecule has 3 aromatic rings. The van der Waals surface area contributed by atoms with E-state index in [9.17, 15) is 0 Å². The first-order valence-electron chi connectivity index (χ1n) is 8.38. The first-order chi connectivity index (χ1) is 12.2. The van der Waals surface area contributed by atoms with Gasteiger partial charge in [-0.2, -0.15) is 0 Å². The molecule has 1 aromatic heterocycles. The first kappa shape index (κ1) is 17.4. The van der Waals surface area contributed by atoms with Crippen LogP contribution >= 0.6 is 11.8 Å². The van der Waals surface area contributed by atoms with Crippen LogP contribution in [0.4, 0.5) is 5.69 Å². The molecule has 0 fully saturated rings. The van der Waals surface area contributed by atoms with Crippen LogP contribution in [-0.4, -0.2) is 26.3 Å². The Labute approximate surface area is 152 Å². The van der Waals surface area contributed by atoms with E-state index in [2.05, 4.69) is 30.1 Å². The van der Waals surface area contributed by atoms with Gasteiger partial charge < -0.3 is 0 Å². The molecule has 128 valence electrons. The van der Waals surface area contributed by atoms with Crippen LogP contribution in [0.25, 0.3) is 11.0 Å². The van der Waals surface area contributed by atoms with Gasteiger partial charge in [0, 0.05) is 0 Å². The van der Waals surface area contributed by atoms with Crippen LogP contribution in [-0.2, 0) is 5.54 Å². The van der Waals surface area contributed by atoms with Gasteiger partial charge >= 0.3 is 0 Å². The zero-order chi connectivity index (χ0) is 17.7. The van der Waals surface area contributed by atoms with Gasteiger partial charge in [0.2, 0.25) is 0 Å². The van der Waals surface area contributed by atoms with Crippen LogP contribution in [0.2, 0.25) is 0 Å². The molecule has 1 heterocycles. The van der Waals surface area contributed by atoms with E-state index in [4.69, 9.17) is 4.99 Å². The number of para-hydroxylation sites is 2. The molecule has 2 aromatic carbocycles. The van der Waals surface area contributed by atoms with Gasteiger partial charge in [-0.1, -0.05) is 55.0 Å². The summed E-state index contributed by atoms with van der Waals surface area (Å²) in [6.45, 7) is 6.31. The van der Waals surface area contributed by atoms with E-state index >= 15 is 0 Å². The number of allylic oxidation sites excluding steroid dienone is 1. The number of fused-ring (bicyclic) bond motifs is 1. The van der Waals surface area contributed by atoms with Crippen molar-refractivity contribution in [2.45, 2.75) is 25.3 Å². The molecule has 4 nitrogen and oxygen atoms in total. The van der Waals surface area contributed by atoms with Crippen LogP contribution in [0.5, 0.6) is 0 Å². The predicted molar refractivity (Wildman–Crippen MR) is 108 cm³/mol. The van der Waals surface area contributed by atoms with Crippen molar-refractivity contribution in [3.63, 3.8) is 0 Å². The molecule has 0 saturated carbocycles. The van der Waals surface area contributed by atoms with E-state index in [1.54, 1.807) is 11.8 Å². The highest BCUT2D eigenvalue weighted by Gasteiger charge is 2.36. The Balaban J connectivity index is 2.21. The molecule has 5 heteroatoms. The number of benzene rings is 2. The second-order valence-corrected chi connectivity index (χ2v) is 6.62. The van der Waals surface area contributed by atoms with Crippen LogP contribution in [0.3, 0.4) is 0 Å². The molecule has 25 heavy (non-hydrogen) atoms. The number of aliphatic imine (C=N–C) groups is 1. The monoisotopic (exact) mass is 350 g/mol. The molecular formula is C20H22N4S. The number of aromatic nitrogens is 3. The van der Waals surface area contributed by atoms with Crippen molar-refractivity contribution in [1.82, 2.24) is 15.0 Å². The molecule has 0 N–H and O–H groups in total. The smallest absolute Gasteiger partial charge is 0.131 e. The number of hydrogen-bond acceptors (Lipinski definition) is 4. The Morgan fingerprint density at radius 3 is 2.60 bits per heavy atom. The second-order valence-electron chi connectivity index (χ2n) is 5.82. The van der Waals surface area contributed by atoms with Crippen molar-refractivity contribution >= 4 is 33.5 Å². The average Bonchev–Trinajstić information content (AvgIpc) is 3.10. The zero-order valence-corrected chi connectivity index (χ0v) is 15.4. The van der Waals surface area contributed by atoms with Crippen molar-refractivity contribution < 1.29 is 0 Å². The van der Waals surface area contributed by atoms with Crippen molar-refractivity contribution in [3.8, 4) is 0 Å². The fourth-order valence-corrected chi connectivity index (χ4v) is 3.89. The Bertz CT molecular complexity index is 885. The molecule has 0 aliphatic rings. The summed E-state index contributed by atoms with van der Waals surface area (Å²) in [4.78, 5) is 4.92.